The van der Waals surface area contributed by atoms with Crippen molar-refractivity contribution in [2.24, 2.45) is 11.3 Å². The molecule has 130 valence electrons. The van der Waals surface area contributed by atoms with Gasteiger partial charge in [-0.3, -0.25) is 9.59 Å². The predicted molar refractivity (Wildman–Crippen MR) is 89.9 cm³/mol. The number of nitrogens with zero attached hydrogens (tertiary/aromatic N) is 1. The topological polar surface area (TPSA) is 55.8 Å². The Morgan fingerprint density at radius 3 is 2.67 bits per heavy atom. The van der Waals surface area contributed by atoms with Crippen molar-refractivity contribution in [1.82, 2.24) is 4.90 Å². The third-order valence-electron chi connectivity index (χ3n) is 5.98. The van der Waals surface area contributed by atoms with Gasteiger partial charge in [-0.1, -0.05) is 13.8 Å². The second-order valence-corrected chi connectivity index (χ2v) is 7.28. The number of carbonyl (C=O) groups is 2. The molecule has 5 heteroatoms. The van der Waals surface area contributed by atoms with Crippen LogP contribution in [0.3, 0.4) is 0 Å². The fourth-order valence-corrected chi connectivity index (χ4v) is 4.22. The van der Waals surface area contributed by atoms with E-state index in [1.54, 1.807) is 12.0 Å². The van der Waals surface area contributed by atoms with Crippen molar-refractivity contribution in [3.63, 3.8) is 0 Å². The van der Waals surface area contributed by atoms with Gasteiger partial charge < -0.3 is 14.4 Å². The zero-order chi connectivity index (χ0) is 17.8. The van der Waals surface area contributed by atoms with Crippen LogP contribution in [0.15, 0.2) is 34.6 Å². The maximum absolute atomic E-state index is 12.3. The van der Waals surface area contributed by atoms with Crippen LogP contribution >= 0.6 is 0 Å². The molecular formula is C19H25NO4. The van der Waals surface area contributed by atoms with E-state index >= 15 is 0 Å². The lowest BCUT2D eigenvalue weighted by molar-refractivity contribution is -0.160. The minimum absolute atomic E-state index is 0.0616. The van der Waals surface area contributed by atoms with E-state index in [0.29, 0.717) is 0 Å². The molecule has 0 saturated heterocycles. The summed E-state index contributed by atoms with van der Waals surface area (Å²) in [5.74, 6) is -0.162. The first kappa shape index (κ1) is 17.0. The Morgan fingerprint density at radius 1 is 1.42 bits per heavy atom. The summed E-state index contributed by atoms with van der Waals surface area (Å²) < 4.78 is 11.2. The number of amides is 1. The average molecular weight is 331 g/mol. The maximum atomic E-state index is 12.3. The van der Waals surface area contributed by atoms with E-state index in [1.807, 2.05) is 20.0 Å². The number of ether oxygens (including phenoxy) is 2. The molecular weight excluding hydrogens is 306 g/mol. The minimum atomic E-state index is -0.327. The fraction of sp³-hybridized carbons (Fsp3) is 0.579. The van der Waals surface area contributed by atoms with E-state index in [0.717, 1.165) is 28.8 Å². The number of hydrogen-bond acceptors (Lipinski definition) is 4. The van der Waals surface area contributed by atoms with E-state index in [4.69, 9.17) is 9.47 Å². The Labute approximate surface area is 143 Å². The molecule has 1 heterocycles. The third-order valence-corrected chi connectivity index (χ3v) is 5.98. The third kappa shape index (κ3) is 2.25. The van der Waals surface area contributed by atoms with Gasteiger partial charge >= 0.3 is 5.97 Å². The molecule has 0 aromatic heterocycles. The molecule has 4 atom stereocenters. The van der Waals surface area contributed by atoms with Gasteiger partial charge in [-0.15, -0.1) is 0 Å². The number of fused-ring (bicyclic) bond motifs is 2. The lowest BCUT2D eigenvalue weighted by atomic mass is 9.59. The minimum Gasteiger partial charge on any atom is -0.459 e. The van der Waals surface area contributed by atoms with Gasteiger partial charge in [0.2, 0.25) is 0 Å². The first-order valence-electron chi connectivity index (χ1n) is 8.33. The van der Waals surface area contributed by atoms with Crippen LogP contribution in [-0.4, -0.2) is 43.1 Å². The zero-order valence-electron chi connectivity index (χ0n) is 15.2. The Kier molecular flexibility index (Phi) is 3.95. The van der Waals surface area contributed by atoms with Gasteiger partial charge in [0.05, 0.1) is 0 Å². The molecule has 0 saturated carbocycles. The lowest BCUT2D eigenvalue weighted by Gasteiger charge is -2.48. The predicted octanol–water partition coefficient (Wildman–Crippen LogP) is 2.59. The summed E-state index contributed by atoms with van der Waals surface area (Å²) in [7, 11) is 3.44. The molecule has 5 nitrogen and oxygen atoms in total. The van der Waals surface area contributed by atoms with E-state index in [-0.39, 0.29) is 35.4 Å². The highest BCUT2D eigenvalue weighted by molar-refractivity contribution is 6.00. The Bertz CT molecular complexity index is 702. The van der Waals surface area contributed by atoms with Crippen LogP contribution in [0, 0.1) is 11.3 Å². The van der Waals surface area contributed by atoms with E-state index < -0.39 is 0 Å². The molecule has 1 aliphatic heterocycles. The van der Waals surface area contributed by atoms with Crippen LogP contribution in [0.5, 0.6) is 0 Å². The summed E-state index contributed by atoms with van der Waals surface area (Å²) in [6.45, 7) is 7.60. The largest absolute Gasteiger partial charge is 0.459 e. The normalized spacial score (nSPS) is 35.3. The first-order valence-corrected chi connectivity index (χ1v) is 8.33. The Balaban J connectivity index is 2.11. The molecule has 0 fully saturated rings. The molecule has 24 heavy (non-hydrogen) atoms. The number of allylic oxidation sites excluding steroid dienone is 3. The molecule has 0 unspecified atom stereocenters. The van der Waals surface area contributed by atoms with Crippen molar-refractivity contribution in [3.8, 4) is 0 Å². The average Bonchev–Trinajstić information content (AvgIpc) is 2.73. The van der Waals surface area contributed by atoms with Crippen molar-refractivity contribution < 1.29 is 19.1 Å². The molecule has 0 aromatic rings. The molecule has 3 aliphatic rings. The molecule has 0 spiro atoms. The number of carbonyl (C=O) groups excluding carboxylic acids is 2. The van der Waals surface area contributed by atoms with Crippen LogP contribution in [0.4, 0.5) is 0 Å². The molecule has 3 rings (SSSR count). The van der Waals surface area contributed by atoms with Gasteiger partial charge in [0, 0.05) is 43.7 Å². The summed E-state index contributed by atoms with van der Waals surface area (Å²) in [6, 6.07) is 0. The van der Waals surface area contributed by atoms with Gasteiger partial charge in [-0.25, -0.2) is 0 Å². The van der Waals surface area contributed by atoms with Crippen LogP contribution in [0.25, 0.3) is 0 Å². The van der Waals surface area contributed by atoms with Crippen molar-refractivity contribution in [2.75, 3.05) is 14.2 Å². The SMILES string of the molecule is CO[C@@H]1C=C2C=C3C(=C(C)C(=O)N3C)C[C@]2(C)[C@@H](C)[C@H]1OC(C)=O. The number of methoxy groups -OCH3 is 1. The van der Waals surface area contributed by atoms with Gasteiger partial charge in [-0.05, 0) is 36.6 Å². The summed E-state index contributed by atoms with van der Waals surface area (Å²) in [4.78, 5) is 25.6. The van der Waals surface area contributed by atoms with Crippen LogP contribution < -0.4 is 0 Å². The second kappa shape index (κ2) is 5.59. The quantitative estimate of drug-likeness (QED) is 0.730. The molecule has 0 N–H and O–H groups in total. The number of hydrogen-bond donors (Lipinski definition) is 0. The summed E-state index contributed by atoms with van der Waals surface area (Å²) in [6.07, 6.45) is 4.30. The smallest absolute Gasteiger partial charge is 0.303 e. The molecule has 0 aromatic carbocycles. The van der Waals surface area contributed by atoms with Crippen LogP contribution in [0.2, 0.25) is 0 Å². The lowest BCUT2D eigenvalue weighted by Crippen LogP contribution is -2.49. The molecule has 2 aliphatic carbocycles. The van der Waals surface area contributed by atoms with E-state index in [2.05, 4.69) is 19.9 Å². The summed E-state index contributed by atoms with van der Waals surface area (Å²) in [5.41, 5.74) is 3.86. The van der Waals surface area contributed by atoms with Crippen LogP contribution in [0.1, 0.15) is 34.1 Å². The number of rotatable bonds is 2. The highest BCUT2D eigenvalue weighted by atomic mass is 16.6. The number of esters is 1. The summed E-state index contributed by atoms with van der Waals surface area (Å²) in [5, 5.41) is 0. The van der Waals surface area contributed by atoms with Gasteiger partial charge in [0.25, 0.3) is 5.91 Å². The maximum Gasteiger partial charge on any atom is 0.303 e. The zero-order valence-corrected chi connectivity index (χ0v) is 15.2. The van der Waals surface area contributed by atoms with Gasteiger partial charge in [-0.2, -0.15) is 0 Å². The van der Waals surface area contributed by atoms with Crippen molar-refractivity contribution in [2.45, 2.75) is 46.3 Å². The Hall–Kier alpha value is -1.88. The van der Waals surface area contributed by atoms with Gasteiger partial charge in [0.1, 0.15) is 12.2 Å². The highest BCUT2D eigenvalue weighted by Crippen LogP contribution is 2.54. The first-order chi connectivity index (χ1) is 11.2. The van der Waals surface area contributed by atoms with E-state index in [1.165, 1.54) is 6.92 Å². The summed E-state index contributed by atoms with van der Waals surface area (Å²) >= 11 is 0. The Morgan fingerprint density at radius 2 is 2.08 bits per heavy atom. The monoisotopic (exact) mass is 331 g/mol. The molecule has 1 amide bonds. The van der Waals surface area contributed by atoms with Gasteiger partial charge in [0.15, 0.2) is 0 Å². The standard InChI is InChI=1S/C19H25NO4/c1-10-14-9-19(4)11(2)17(24-12(3)21)16(23-6)8-13(19)7-15(14)20(5)18(10)22/h7-8,11,16-17H,9H2,1-6H3/t11-,16+,17+,19+/m0/s1. The second-order valence-electron chi connectivity index (χ2n) is 7.28. The van der Waals surface area contributed by atoms with Crippen molar-refractivity contribution >= 4 is 11.9 Å². The van der Waals surface area contributed by atoms with Crippen molar-refractivity contribution in [1.29, 1.82) is 0 Å². The molecule has 0 bridgehead atoms. The fourth-order valence-electron chi connectivity index (χ4n) is 4.22. The van der Waals surface area contributed by atoms with Crippen LogP contribution in [-0.2, 0) is 19.1 Å². The number of likely N-dealkylation sites (N-methyl/N-ethyl adjacent to an activating group) is 1. The molecule has 0 radical (unpaired) electrons. The highest BCUT2D eigenvalue weighted by Gasteiger charge is 2.50. The van der Waals surface area contributed by atoms with Crippen molar-refractivity contribution in [3.05, 3.63) is 34.6 Å². The van der Waals surface area contributed by atoms with E-state index in [9.17, 15) is 9.59 Å².